The maximum absolute atomic E-state index is 13.6. The van der Waals surface area contributed by atoms with Crippen molar-refractivity contribution >= 4 is 29.2 Å². The Morgan fingerprint density at radius 2 is 1.60 bits per heavy atom. The molecule has 0 aliphatic carbocycles. The molecule has 0 radical (unpaired) electrons. The van der Waals surface area contributed by atoms with E-state index in [1.807, 2.05) is 51.1 Å². The number of rotatable bonds is 9. The molecule has 0 N–H and O–H groups in total. The topological polar surface area (TPSA) is 69.7 Å². The summed E-state index contributed by atoms with van der Waals surface area (Å²) in [5.74, 6) is 0.102. The van der Waals surface area contributed by atoms with Gasteiger partial charge in [0, 0.05) is 9.80 Å². The second-order valence-corrected chi connectivity index (χ2v) is 17.5. The van der Waals surface area contributed by atoms with E-state index in [9.17, 15) is 12.6 Å². The first-order valence-corrected chi connectivity index (χ1v) is 16.1. The van der Waals surface area contributed by atoms with E-state index >= 15 is 0 Å². The van der Waals surface area contributed by atoms with Gasteiger partial charge < -0.3 is 4.43 Å². The smallest absolute Gasteiger partial charge is 0.264 e. The third-order valence-electron chi connectivity index (χ3n) is 5.21. The number of hydrogen-bond donors (Lipinski definition) is 0. The van der Waals surface area contributed by atoms with Gasteiger partial charge >= 0.3 is 0 Å². The molecule has 0 saturated heterocycles. The molecule has 0 bridgehead atoms. The van der Waals surface area contributed by atoms with Crippen LogP contribution in [0.1, 0.15) is 47.1 Å². The maximum Gasteiger partial charge on any atom is 0.264 e. The number of aryl methyl sites for hydroxylation is 1. The first-order chi connectivity index (χ1) is 13.4. The molecule has 0 aliphatic rings. The molecule has 0 saturated carbocycles. The predicted molar refractivity (Wildman–Crippen MR) is 128 cm³/mol. The molecule has 172 valence electrons. The minimum Gasteiger partial charge on any atom is -0.407 e. The largest absolute Gasteiger partial charge is 0.407 e. The molecule has 8 heteroatoms. The molecule has 0 unspecified atom stereocenters. The minimum absolute atomic E-state index is 0.102. The molecule has 1 rings (SSSR count). The fourth-order valence-electron chi connectivity index (χ4n) is 2.59. The molecular weight excluding hydrogens is 436 g/mol. The van der Waals surface area contributed by atoms with Crippen molar-refractivity contribution in [1.82, 2.24) is 0 Å². The Hall–Kier alpha value is -0.803. The van der Waals surface area contributed by atoms with Crippen molar-refractivity contribution in [2.45, 2.75) is 83.7 Å². The van der Waals surface area contributed by atoms with Crippen LogP contribution in [0.15, 0.2) is 40.1 Å². The van der Waals surface area contributed by atoms with E-state index in [2.05, 4.69) is 33.9 Å². The Labute approximate surface area is 187 Å². The standard InChI is InChI=1S/C22H38O5S2Si/c1-16(2)15-20(28(23)19-13-11-17(3)12-14-19)21(18(4)26-29(8,24)25)27-30(9,10)22(5,6)7/h11-16,18,21H,1-10H3/b20-15+/t18-,21-,28-/m0/s1. The highest BCUT2D eigenvalue weighted by molar-refractivity contribution is 7.89. The van der Waals surface area contributed by atoms with Gasteiger partial charge in [-0.2, -0.15) is 8.42 Å². The fraction of sp³-hybridized carbons (Fsp3) is 0.636. The Bertz CT molecular complexity index is 866. The van der Waals surface area contributed by atoms with E-state index in [0.29, 0.717) is 9.80 Å². The summed E-state index contributed by atoms with van der Waals surface area (Å²) in [6.07, 6.45) is 1.38. The quantitative estimate of drug-likeness (QED) is 0.354. The van der Waals surface area contributed by atoms with Gasteiger partial charge in [0.2, 0.25) is 0 Å². The van der Waals surface area contributed by atoms with E-state index in [4.69, 9.17) is 8.61 Å². The van der Waals surface area contributed by atoms with Crippen LogP contribution in [0.5, 0.6) is 0 Å². The van der Waals surface area contributed by atoms with Gasteiger partial charge in [-0.05, 0) is 50.0 Å². The normalized spacial score (nSPS) is 17.1. The summed E-state index contributed by atoms with van der Waals surface area (Å²) < 4.78 is 49.3. The SMILES string of the molecule is Cc1ccc([S@](=O)/C(=C/C(C)C)[C@@H](O[Si](C)(C)C(C)(C)C)[C@H](C)OS(C)(=O)=O)cc1. The lowest BCUT2D eigenvalue weighted by molar-refractivity contribution is 0.0883. The van der Waals surface area contributed by atoms with Gasteiger partial charge in [0.25, 0.3) is 10.1 Å². The first-order valence-electron chi connectivity index (χ1n) is 10.2. The van der Waals surface area contributed by atoms with Gasteiger partial charge in [0.05, 0.1) is 17.1 Å². The van der Waals surface area contributed by atoms with Gasteiger partial charge in [-0.15, -0.1) is 0 Å². The molecule has 0 aliphatic heterocycles. The monoisotopic (exact) mass is 474 g/mol. The van der Waals surface area contributed by atoms with Crippen LogP contribution in [0.3, 0.4) is 0 Å². The maximum atomic E-state index is 13.6. The van der Waals surface area contributed by atoms with E-state index < -0.39 is 41.4 Å². The zero-order valence-corrected chi connectivity index (χ0v) is 22.6. The Kier molecular flexibility index (Phi) is 9.27. The molecule has 0 fully saturated rings. The van der Waals surface area contributed by atoms with E-state index in [0.717, 1.165) is 11.8 Å². The first kappa shape index (κ1) is 27.2. The van der Waals surface area contributed by atoms with Crippen molar-refractivity contribution in [2.75, 3.05) is 6.26 Å². The van der Waals surface area contributed by atoms with Gasteiger partial charge in [0.15, 0.2) is 8.32 Å². The lowest BCUT2D eigenvalue weighted by Crippen LogP contribution is -2.48. The number of hydrogen-bond acceptors (Lipinski definition) is 5. The van der Waals surface area contributed by atoms with Crippen LogP contribution in [0.4, 0.5) is 0 Å². The number of allylic oxidation sites excluding steroid dienone is 1. The van der Waals surface area contributed by atoms with Gasteiger partial charge in [-0.25, -0.2) is 4.21 Å². The van der Waals surface area contributed by atoms with Crippen LogP contribution in [-0.4, -0.2) is 39.4 Å². The van der Waals surface area contributed by atoms with Crippen LogP contribution in [0.2, 0.25) is 18.1 Å². The van der Waals surface area contributed by atoms with Crippen LogP contribution in [-0.2, 0) is 29.5 Å². The van der Waals surface area contributed by atoms with Crippen molar-refractivity contribution in [1.29, 1.82) is 0 Å². The van der Waals surface area contributed by atoms with Gasteiger partial charge in [-0.3, -0.25) is 4.18 Å². The summed E-state index contributed by atoms with van der Waals surface area (Å²) in [7, 11) is -7.54. The zero-order chi connectivity index (χ0) is 23.5. The van der Waals surface area contributed by atoms with E-state index in [1.54, 1.807) is 6.92 Å². The Morgan fingerprint density at radius 3 is 2.00 bits per heavy atom. The summed E-state index contributed by atoms with van der Waals surface area (Å²) in [6.45, 7) is 18.2. The molecule has 3 atom stereocenters. The average molecular weight is 475 g/mol. The molecule has 0 heterocycles. The Balaban J connectivity index is 3.55. The summed E-state index contributed by atoms with van der Waals surface area (Å²) in [4.78, 5) is 1.21. The summed E-state index contributed by atoms with van der Waals surface area (Å²) in [5.41, 5.74) is 1.08. The van der Waals surface area contributed by atoms with Crippen molar-refractivity contribution in [3.05, 3.63) is 40.8 Å². The van der Waals surface area contributed by atoms with Gasteiger partial charge in [0.1, 0.15) is 12.2 Å². The average Bonchev–Trinajstić information content (AvgIpc) is 2.55. The summed E-state index contributed by atoms with van der Waals surface area (Å²) >= 11 is 0. The van der Waals surface area contributed by atoms with Crippen LogP contribution >= 0.6 is 0 Å². The van der Waals surface area contributed by atoms with Crippen molar-refractivity contribution in [3.8, 4) is 0 Å². The molecule has 5 nitrogen and oxygen atoms in total. The third-order valence-corrected chi connectivity index (χ3v) is 11.8. The van der Waals surface area contributed by atoms with Crippen molar-refractivity contribution in [2.24, 2.45) is 5.92 Å². The van der Waals surface area contributed by atoms with E-state index in [1.165, 1.54) is 0 Å². The fourth-order valence-corrected chi connectivity index (χ4v) is 6.14. The zero-order valence-electron chi connectivity index (χ0n) is 20.0. The summed E-state index contributed by atoms with van der Waals surface area (Å²) in [5, 5.41) is -0.107. The predicted octanol–water partition coefficient (Wildman–Crippen LogP) is 5.40. The molecule has 0 aromatic heterocycles. The highest BCUT2D eigenvalue weighted by atomic mass is 32.2. The Morgan fingerprint density at radius 1 is 1.10 bits per heavy atom. The lowest BCUT2D eigenvalue weighted by atomic mass is 10.1. The highest BCUT2D eigenvalue weighted by Crippen LogP contribution is 2.39. The minimum atomic E-state index is -3.71. The lowest BCUT2D eigenvalue weighted by Gasteiger charge is -2.41. The molecule has 0 amide bonds. The van der Waals surface area contributed by atoms with Crippen LogP contribution < -0.4 is 0 Å². The third kappa shape index (κ3) is 8.03. The number of benzene rings is 1. The molecule has 1 aromatic carbocycles. The molecular formula is C22H38O5S2Si. The molecule has 30 heavy (non-hydrogen) atoms. The second kappa shape index (κ2) is 10.2. The van der Waals surface area contributed by atoms with Crippen molar-refractivity contribution in [3.63, 3.8) is 0 Å². The molecule has 0 spiro atoms. The van der Waals surface area contributed by atoms with Crippen LogP contribution in [0.25, 0.3) is 0 Å². The second-order valence-electron chi connectivity index (χ2n) is 9.70. The van der Waals surface area contributed by atoms with E-state index in [-0.39, 0.29) is 11.0 Å². The van der Waals surface area contributed by atoms with Crippen LogP contribution in [0, 0.1) is 12.8 Å². The molecule has 1 aromatic rings. The summed E-state index contributed by atoms with van der Waals surface area (Å²) in [6, 6.07) is 7.51. The van der Waals surface area contributed by atoms with Crippen molar-refractivity contribution < 1.29 is 21.2 Å². The highest BCUT2D eigenvalue weighted by Gasteiger charge is 2.43. The van der Waals surface area contributed by atoms with Gasteiger partial charge in [-0.1, -0.05) is 58.4 Å².